The molecule has 1 aliphatic carbocycles. The topological polar surface area (TPSA) is 47.7 Å². The number of nitrogens with two attached hydrogens (primary N) is 1. The average molecular weight is 304 g/mol. The fourth-order valence-corrected chi connectivity index (χ4v) is 2.97. The van der Waals surface area contributed by atoms with Crippen molar-refractivity contribution < 1.29 is 9.47 Å². The third-order valence-electron chi connectivity index (χ3n) is 4.63. The number of rotatable bonds is 7. The summed E-state index contributed by atoms with van der Waals surface area (Å²) < 4.78 is 12.0. The number of anilines is 1. The van der Waals surface area contributed by atoms with Gasteiger partial charge >= 0.3 is 0 Å². The van der Waals surface area contributed by atoms with Crippen LogP contribution in [0.25, 0.3) is 0 Å². The van der Waals surface area contributed by atoms with Crippen LogP contribution in [-0.2, 0) is 0 Å². The molecule has 1 aromatic carbocycles. The number of hydrogen-bond acceptors (Lipinski definition) is 4. The SMILES string of the molecule is CCCC(C)N1CC(Oc2cc(OC3CC3)c(N)cc2C)C1. The van der Waals surface area contributed by atoms with Crippen LogP contribution in [0.4, 0.5) is 5.69 Å². The molecule has 1 aromatic rings. The zero-order valence-corrected chi connectivity index (χ0v) is 14.0. The highest BCUT2D eigenvalue weighted by atomic mass is 16.5. The lowest BCUT2D eigenvalue weighted by Gasteiger charge is -2.43. The lowest BCUT2D eigenvalue weighted by Crippen LogP contribution is -2.57. The molecule has 0 aromatic heterocycles. The molecule has 4 nitrogen and oxygen atoms in total. The van der Waals surface area contributed by atoms with E-state index in [-0.39, 0.29) is 6.10 Å². The maximum Gasteiger partial charge on any atom is 0.146 e. The first-order chi connectivity index (χ1) is 10.6. The fraction of sp³-hybridized carbons (Fsp3) is 0.667. The molecule has 2 fully saturated rings. The van der Waals surface area contributed by atoms with Crippen LogP contribution in [0.15, 0.2) is 12.1 Å². The molecule has 1 unspecified atom stereocenters. The highest BCUT2D eigenvalue weighted by Crippen LogP contribution is 2.36. The summed E-state index contributed by atoms with van der Waals surface area (Å²) in [6.07, 6.45) is 5.41. The molecule has 1 atom stereocenters. The minimum atomic E-state index is 0.287. The summed E-state index contributed by atoms with van der Waals surface area (Å²) in [4.78, 5) is 2.49. The molecule has 1 aliphatic heterocycles. The minimum absolute atomic E-state index is 0.287. The molecule has 2 aliphatic rings. The lowest BCUT2D eigenvalue weighted by atomic mass is 10.1. The molecule has 0 amide bonds. The number of likely N-dealkylation sites (tertiary alicyclic amines) is 1. The quantitative estimate of drug-likeness (QED) is 0.785. The van der Waals surface area contributed by atoms with Crippen molar-refractivity contribution in [1.29, 1.82) is 0 Å². The molecule has 22 heavy (non-hydrogen) atoms. The standard InChI is InChI=1S/C18H28N2O2/c1-4-5-13(3)20-10-15(11-20)22-17-9-18(21-14-6-7-14)16(19)8-12(17)2/h8-9,13-15H,4-7,10-11,19H2,1-3H3. The maximum atomic E-state index is 6.16. The summed E-state index contributed by atoms with van der Waals surface area (Å²) in [5.41, 5.74) is 7.85. The van der Waals surface area contributed by atoms with E-state index in [0.29, 0.717) is 17.8 Å². The molecule has 1 saturated heterocycles. The van der Waals surface area contributed by atoms with Gasteiger partial charge in [0.15, 0.2) is 0 Å². The lowest BCUT2D eigenvalue weighted by molar-refractivity contribution is -0.00707. The molecule has 0 spiro atoms. The number of benzene rings is 1. The van der Waals surface area contributed by atoms with Crippen LogP contribution in [0.1, 0.15) is 45.1 Å². The van der Waals surface area contributed by atoms with Crippen molar-refractivity contribution in [2.45, 2.75) is 64.7 Å². The third kappa shape index (κ3) is 3.49. The van der Waals surface area contributed by atoms with E-state index in [1.807, 2.05) is 19.1 Å². The highest BCUT2D eigenvalue weighted by Gasteiger charge is 2.32. The Morgan fingerprint density at radius 1 is 1.18 bits per heavy atom. The van der Waals surface area contributed by atoms with Crippen LogP contribution in [0, 0.1) is 6.92 Å². The third-order valence-corrected chi connectivity index (χ3v) is 4.63. The van der Waals surface area contributed by atoms with Crippen molar-refractivity contribution in [2.24, 2.45) is 0 Å². The Bertz CT molecular complexity index is 522. The van der Waals surface area contributed by atoms with Gasteiger partial charge in [0, 0.05) is 25.2 Å². The van der Waals surface area contributed by atoms with Gasteiger partial charge in [0.2, 0.25) is 0 Å². The number of nitrogens with zero attached hydrogens (tertiary/aromatic N) is 1. The first-order valence-electron chi connectivity index (χ1n) is 8.54. The summed E-state index contributed by atoms with van der Waals surface area (Å²) in [6.45, 7) is 8.62. The molecule has 1 saturated carbocycles. The van der Waals surface area contributed by atoms with Crippen molar-refractivity contribution in [1.82, 2.24) is 4.90 Å². The minimum Gasteiger partial charge on any atom is -0.488 e. The van der Waals surface area contributed by atoms with Gasteiger partial charge in [-0.25, -0.2) is 0 Å². The van der Waals surface area contributed by atoms with E-state index < -0.39 is 0 Å². The zero-order chi connectivity index (χ0) is 15.7. The van der Waals surface area contributed by atoms with Gasteiger partial charge in [-0.05, 0) is 44.7 Å². The first-order valence-corrected chi connectivity index (χ1v) is 8.54. The normalized spacial score (nSPS) is 20.5. The largest absolute Gasteiger partial charge is 0.488 e. The van der Waals surface area contributed by atoms with Gasteiger partial charge in [-0.2, -0.15) is 0 Å². The molecule has 0 radical (unpaired) electrons. The van der Waals surface area contributed by atoms with E-state index in [4.69, 9.17) is 15.2 Å². The predicted molar refractivity (Wildman–Crippen MR) is 89.6 cm³/mol. The molecule has 4 heteroatoms. The van der Waals surface area contributed by atoms with Crippen LogP contribution in [-0.4, -0.2) is 36.2 Å². The highest BCUT2D eigenvalue weighted by molar-refractivity contribution is 5.59. The van der Waals surface area contributed by atoms with Gasteiger partial charge in [-0.3, -0.25) is 4.90 Å². The maximum absolute atomic E-state index is 6.16. The van der Waals surface area contributed by atoms with E-state index in [2.05, 4.69) is 18.7 Å². The van der Waals surface area contributed by atoms with Crippen molar-refractivity contribution in [3.05, 3.63) is 17.7 Å². The smallest absolute Gasteiger partial charge is 0.146 e. The molecular formula is C18H28N2O2. The molecule has 2 N–H and O–H groups in total. The van der Waals surface area contributed by atoms with Crippen molar-refractivity contribution in [2.75, 3.05) is 18.8 Å². The van der Waals surface area contributed by atoms with Crippen molar-refractivity contribution in [3.8, 4) is 11.5 Å². The Morgan fingerprint density at radius 3 is 2.50 bits per heavy atom. The molecular weight excluding hydrogens is 276 g/mol. The molecule has 122 valence electrons. The van der Waals surface area contributed by atoms with Crippen molar-refractivity contribution in [3.63, 3.8) is 0 Å². The predicted octanol–water partition coefficient (Wildman–Crippen LogP) is 3.37. The van der Waals surface area contributed by atoms with E-state index in [1.54, 1.807) is 0 Å². The summed E-state index contributed by atoms with van der Waals surface area (Å²) in [6, 6.07) is 4.59. The van der Waals surface area contributed by atoms with Crippen LogP contribution in [0.3, 0.4) is 0 Å². The summed E-state index contributed by atoms with van der Waals surface area (Å²) in [5, 5.41) is 0. The Hall–Kier alpha value is -1.42. The Balaban J connectivity index is 1.58. The molecule has 0 bridgehead atoms. The average Bonchev–Trinajstić information content (AvgIpc) is 3.22. The van der Waals surface area contributed by atoms with Crippen LogP contribution < -0.4 is 15.2 Å². The summed E-state index contributed by atoms with van der Waals surface area (Å²) in [7, 11) is 0. The van der Waals surface area contributed by atoms with Gasteiger partial charge in [0.05, 0.1) is 11.8 Å². The fourth-order valence-electron chi connectivity index (χ4n) is 2.97. The Morgan fingerprint density at radius 2 is 1.86 bits per heavy atom. The van der Waals surface area contributed by atoms with Crippen LogP contribution >= 0.6 is 0 Å². The number of hydrogen-bond donors (Lipinski definition) is 1. The van der Waals surface area contributed by atoms with Crippen LogP contribution in [0.5, 0.6) is 11.5 Å². The second-order valence-corrected chi connectivity index (χ2v) is 6.80. The Labute approximate surface area is 133 Å². The van der Waals surface area contributed by atoms with Crippen molar-refractivity contribution >= 4 is 5.69 Å². The second-order valence-electron chi connectivity index (χ2n) is 6.80. The van der Waals surface area contributed by atoms with Gasteiger partial charge in [0.25, 0.3) is 0 Å². The second kappa shape index (κ2) is 6.37. The molecule has 1 heterocycles. The zero-order valence-electron chi connectivity index (χ0n) is 14.0. The van der Waals surface area contributed by atoms with E-state index in [0.717, 1.165) is 43.0 Å². The van der Waals surface area contributed by atoms with Gasteiger partial charge in [-0.1, -0.05) is 13.3 Å². The molecule has 3 rings (SSSR count). The van der Waals surface area contributed by atoms with Gasteiger partial charge < -0.3 is 15.2 Å². The Kier molecular flexibility index (Phi) is 4.48. The summed E-state index contributed by atoms with van der Waals surface area (Å²) >= 11 is 0. The van der Waals surface area contributed by atoms with Crippen LogP contribution in [0.2, 0.25) is 0 Å². The number of nitrogen functional groups attached to an aromatic ring is 1. The van der Waals surface area contributed by atoms with Gasteiger partial charge in [0.1, 0.15) is 17.6 Å². The first kappa shape index (κ1) is 15.5. The van der Waals surface area contributed by atoms with Gasteiger partial charge in [-0.15, -0.1) is 0 Å². The van der Waals surface area contributed by atoms with E-state index in [9.17, 15) is 0 Å². The number of aryl methyl sites for hydroxylation is 1. The summed E-state index contributed by atoms with van der Waals surface area (Å²) in [5.74, 6) is 1.69. The van der Waals surface area contributed by atoms with E-state index >= 15 is 0 Å². The van der Waals surface area contributed by atoms with E-state index in [1.165, 1.54) is 12.8 Å². The monoisotopic (exact) mass is 304 g/mol. The number of ether oxygens (including phenoxy) is 2.